The van der Waals surface area contributed by atoms with E-state index in [9.17, 15) is 18.0 Å². The minimum atomic E-state index is -4.87. The van der Waals surface area contributed by atoms with Crippen molar-refractivity contribution in [1.82, 2.24) is 0 Å². The SMILES string of the molecule is COC1=CC(O)(C(F)(F)F)C=CC1=O. The number of rotatable bonds is 1. The highest BCUT2D eigenvalue weighted by Gasteiger charge is 2.52. The predicted octanol–water partition coefficient (Wildman–Crippen LogP) is 0.949. The Bertz CT molecular complexity index is 316. The third-order valence-electron chi connectivity index (χ3n) is 1.76. The molecule has 0 spiro atoms. The van der Waals surface area contributed by atoms with E-state index in [4.69, 9.17) is 5.11 Å². The van der Waals surface area contributed by atoms with Crippen molar-refractivity contribution >= 4 is 5.78 Å². The summed E-state index contributed by atoms with van der Waals surface area (Å²) in [4.78, 5) is 10.9. The van der Waals surface area contributed by atoms with Crippen molar-refractivity contribution in [3.63, 3.8) is 0 Å². The lowest BCUT2D eigenvalue weighted by Crippen LogP contribution is -2.43. The standard InChI is InChI=1S/C8H7F3O3/c1-14-6-4-7(13,8(9,10)11)3-2-5(6)12/h2-4,13H,1H3. The largest absolute Gasteiger partial charge is 0.493 e. The Morgan fingerprint density at radius 2 is 2.07 bits per heavy atom. The highest BCUT2D eigenvalue weighted by Crippen LogP contribution is 2.35. The molecule has 0 radical (unpaired) electrons. The monoisotopic (exact) mass is 208 g/mol. The van der Waals surface area contributed by atoms with E-state index in [1.807, 2.05) is 0 Å². The summed E-state index contributed by atoms with van der Waals surface area (Å²) < 4.78 is 41.1. The zero-order chi connectivity index (χ0) is 11.0. The molecule has 3 nitrogen and oxygen atoms in total. The molecule has 0 aromatic rings. The number of ketones is 1. The fourth-order valence-corrected chi connectivity index (χ4v) is 0.940. The van der Waals surface area contributed by atoms with Gasteiger partial charge in [-0.25, -0.2) is 0 Å². The highest BCUT2D eigenvalue weighted by atomic mass is 19.4. The number of aliphatic hydroxyl groups is 1. The third kappa shape index (κ3) is 1.65. The number of hydrogen-bond acceptors (Lipinski definition) is 3. The second-order valence-electron chi connectivity index (χ2n) is 2.73. The van der Waals surface area contributed by atoms with Crippen LogP contribution in [-0.4, -0.2) is 29.8 Å². The first-order chi connectivity index (χ1) is 6.30. The van der Waals surface area contributed by atoms with Crippen molar-refractivity contribution in [1.29, 1.82) is 0 Å². The molecule has 1 aliphatic carbocycles. The van der Waals surface area contributed by atoms with E-state index in [1.165, 1.54) is 0 Å². The zero-order valence-corrected chi connectivity index (χ0v) is 7.13. The summed E-state index contributed by atoms with van der Waals surface area (Å²) in [5.74, 6) is -1.23. The van der Waals surface area contributed by atoms with Crippen molar-refractivity contribution in [3.8, 4) is 0 Å². The molecule has 0 amide bonds. The van der Waals surface area contributed by atoms with Crippen LogP contribution in [0.1, 0.15) is 0 Å². The Hall–Kier alpha value is -1.30. The summed E-state index contributed by atoms with van der Waals surface area (Å²) in [6.07, 6.45) is -3.51. The van der Waals surface area contributed by atoms with Gasteiger partial charge in [0.25, 0.3) is 0 Å². The van der Waals surface area contributed by atoms with Crippen molar-refractivity contribution in [2.45, 2.75) is 11.8 Å². The smallest absolute Gasteiger partial charge is 0.424 e. The van der Waals surface area contributed by atoms with Gasteiger partial charge in [-0.3, -0.25) is 4.79 Å². The van der Waals surface area contributed by atoms with Gasteiger partial charge in [0.2, 0.25) is 11.4 Å². The number of carbonyl (C=O) groups excluding carboxylic acids is 1. The average Bonchev–Trinajstić information content (AvgIpc) is 2.07. The summed E-state index contributed by atoms with van der Waals surface area (Å²) in [7, 11) is 1.06. The third-order valence-corrected chi connectivity index (χ3v) is 1.76. The lowest BCUT2D eigenvalue weighted by molar-refractivity contribution is -0.221. The van der Waals surface area contributed by atoms with Gasteiger partial charge in [-0.05, 0) is 12.2 Å². The Labute approximate surface area is 77.5 Å². The fourth-order valence-electron chi connectivity index (χ4n) is 0.940. The van der Waals surface area contributed by atoms with Crippen LogP contribution in [0.25, 0.3) is 0 Å². The Kier molecular flexibility index (Phi) is 2.41. The molecule has 0 bridgehead atoms. The van der Waals surface area contributed by atoms with E-state index < -0.39 is 23.3 Å². The second kappa shape index (κ2) is 3.13. The molecular formula is C8H7F3O3. The molecule has 1 rings (SSSR count). The van der Waals surface area contributed by atoms with Gasteiger partial charge >= 0.3 is 6.18 Å². The van der Waals surface area contributed by atoms with Crippen LogP contribution in [0.5, 0.6) is 0 Å². The summed E-state index contributed by atoms with van der Waals surface area (Å²) in [6.45, 7) is 0. The van der Waals surface area contributed by atoms with Crippen LogP contribution in [0.2, 0.25) is 0 Å². The topological polar surface area (TPSA) is 46.5 Å². The van der Waals surface area contributed by atoms with Crippen LogP contribution in [0, 0.1) is 0 Å². The van der Waals surface area contributed by atoms with E-state index >= 15 is 0 Å². The molecule has 0 aromatic heterocycles. The molecule has 0 aromatic carbocycles. The molecular weight excluding hydrogens is 201 g/mol. The van der Waals surface area contributed by atoms with Crippen LogP contribution in [-0.2, 0) is 9.53 Å². The number of alkyl halides is 3. The molecule has 1 N–H and O–H groups in total. The summed E-state index contributed by atoms with van der Waals surface area (Å²) in [6, 6.07) is 0. The Morgan fingerprint density at radius 1 is 1.50 bits per heavy atom. The minimum absolute atomic E-state index is 0.343. The van der Waals surface area contributed by atoms with Gasteiger partial charge in [-0.2, -0.15) is 13.2 Å². The number of hydrogen-bond donors (Lipinski definition) is 1. The Balaban J connectivity index is 3.11. The van der Waals surface area contributed by atoms with Crippen LogP contribution in [0.3, 0.4) is 0 Å². The van der Waals surface area contributed by atoms with Crippen molar-refractivity contribution in [2.75, 3.05) is 7.11 Å². The molecule has 1 atom stereocenters. The molecule has 0 heterocycles. The maximum Gasteiger partial charge on any atom is 0.424 e. The molecule has 0 aliphatic heterocycles. The molecule has 0 saturated carbocycles. The molecule has 1 aliphatic rings. The van der Waals surface area contributed by atoms with Crippen molar-refractivity contribution in [3.05, 3.63) is 24.0 Å². The lowest BCUT2D eigenvalue weighted by atomic mass is 9.96. The van der Waals surface area contributed by atoms with Gasteiger partial charge in [0.15, 0.2) is 5.76 Å². The van der Waals surface area contributed by atoms with Crippen LogP contribution < -0.4 is 0 Å². The molecule has 6 heteroatoms. The van der Waals surface area contributed by atoms with Gasteiger partial charge in [0, 0.05) is 6.08 Å². The van der Waals surface area contributed by atoms with E-state index in [0.29, 0.717) is 18.2 Å². The average molecular weight is 208 g/mol. The quantitative estimate of drug-likeness (QED) is 0.697. The van der Waals surface area contributed by atoms with Crippen molar-refractivity contribution < 1.29 is 27.8 Å². The minimum Gasteiger partial charge on any atom is -0.493 e. The van der Waals surface area contributed by atoms with Crippen molar-refractivity contribution in [2.24, 2.45) is 0 Å². The molecule has 14 heavy (non-hydrogen) atoms. The normalized spacial score (nSPS) is 27.5. The summed E-state index contributed by atoms with van der Waals surface area (Å²) in [5.41, 5.74) is -3.12. The number of ether oxygens (including phenoxy) is 1. The molecule has 0 saturated heterocycles. The zero-order valence-electron chi connectivity index (χ0n) is 7.13. The van der Waals surface area contributed by atoms with Gasteiger partial charge in [-0.1, -0.05) is 0 Å². The number of methoxy groups -OCH3 is 1. The summed E-state index contributed by atoms with van der Waals surface area (Å²) >= 11 is 0. The predicted molar refractivity (Wildman–Crippen MR) is 40.2 cm³/mol. The van der Waals surface area contributed by atoms with E-state index in [0.717, 1.165) is 7.11 Å². The van der Waals surface area contributed by atoms with Gasteiger partial charge in [-0.15, -0.1) is 0 Å². The van der Waals surface area contributed by atoms with E-state index in [-0.39, 0.29) is 0 Å². The van der Waals surface area contributed by atoms with E-state index in [1.54, 1.807) is 0 Å². The first-order valence-corrected chi connectivity index (χ1v) is 3.60. The summed E-state index contributed by atoms with van der Waals surface area (Å²) in [5, 5.41) is 9.11. The van der Waals surface area contributed by atoms with Crippen LogP contribution in [0.15, 0.2) is 24.0 Å². The van der Waals surface area contributed by atoms with Crippen LogP contribution >= 0.6 is 0 Å². The van der Waals surface area contributed by atoms with Gasteiger partial charge < -0.3 is 9.84 Å². The Morgan fingerprint density at radius 3 is 2.50 bits per heavy atom. The highest BCUT2D eigenvalue weighted by molar-refractivity contribution is 6.03. The second-order valence-corrected chi connectivity index (χ2v) is 2.73. The molecule has 1 unspecified atom stereocenters. The van der Waals surface area contributed by atoms with E-state index in [2.05, 4.69) is 4.74 Å². The number of carbonyl (C=O) groups is 1. The van der Waals surface area contributed by atoms with Crippen LogP contribution in [0.4, 0.5) is 13.2 Å². The first-order valence-electron chi connectivity index (χ1n) is 3.60. The lowest BCUT2D eigenvalue weighted by Gasteiger charge is -2.26. The number of halogens is 3. The van der Waals surface area contributed by atoms with Gasteiger partial charge in [0.05, 0.1) is 7.11 Å². The van der Waals surface area contributed by atoms with Gasteiger partial charge in [0.1, 0.15) is 0 Å². The molecule has 0 fully saturated rings. The maximum atomic E-state index is 12.2. The number of allylic oxidation sites excluding steroid dienone is 1. The first kappa shape index (κ1) is 10.8. The molecule has 78 valence electrons. The maximum absolute atomic E-state index is 12.2. The fraction of sp³-hybridized carbons (Fsp3) is 0.375.